The zero-order chi connectivity index (χ0) is 22.6. The van der Waals surface area contributed by atoms with E-state index in [-0.39, 0.29) is 35.3 Å². The van der Waals surface area contributed by atoms with Crippen molar-refractivity contribution in [1.29, 1.82) is 0 Å². The second-order valence-corrected chi connectivity index (χ2v) is 10.9. The van der Waals surface area contributed by atoms with Crippen molar-refractivity contribution >= 4 is 26.9 Å². The summed E-state index contributed by atoms with van der Waals surface area (Å²) < 4.78 is 60.9. The van der Waals surface area contributed by atoms with Crippen molar-refractivity contribution in [3.63, 3.8) is 0 Å². The van der Waals surface area contributed by atoms with Gasteiger partial charge in [0, 0.05) is 48.4 Å². The van der Waals surface area contributed by atoms with Crippen molar-refractivity contribution in [3.05, 3.63) is 36.2 Å². The summed E-state index contributed by atoms with van der Waals surface area (Å²) in [6, 6.07) is 4.14. The largest absolute Gasteiger partial charge is 0.444 e. The Kier molecular flexibility index (Phi) is 5.41. The standard InChI is InChI=1S/C21H25F2N3O4S/c1-21(2,3)30-20(27)26-8-7-14-11-25(12-16(14)26)31(28,29)17-6-4-5-13-9-24-10-15(18(13)17)19(22)23/h4-6,9-10,14,16,19H,7-8,11-12H2,1-3H3/t14-,16+/m0/s1. The van der Waals surface area contributed by atoms with Gasteiger partial charge in [0.15, 0.2) is 0 Å². The maximum absolute atomic E-state index is 13.6. The van der Waals surface area contributed by atoms with Gasteiger partial charge in [-0.25, -0.2) is 22.0 Å². The second kappa shape index (κ2) is 7.67. The van der Waals surface area contributed by atoms with E-state index in [1.165, 1.54) is 22.6 Å². The lowest BCUT2D eigenvalue weighted by atomic mass is 10.1. The number of pyridine rings is 1. The fraction of sp³-hybridized carbons (Fsp3) is 0.524. The van der Waals surface area contributed by atoms with Gasteiger partial charge in [0.1, 0.15) is 5.60 Å². The number of nitrogens with zero attached hydrogens (tertiary/aromatic N) is 3. The van der Waals surface area contributed by atoms with E-state index in [2.05, 4.69) is 4.98 Å². The molecule has 31 heavy (non-hydrogen) atoms. The van der Waals surface area contributed by atoms with Crippen LogP contribution in [0.15, 0.2) is 35.5 Å². The normalized spacial score (nSPS) is 22.3. The minimum atomic E-state index is -4.05. The third kappa shape index (κ3) is 3.98. The number of amides is 1. The molecule has 0 unspecified atom stereocenters. The molecule has 0 bridgehead atoms. The molecule has 2 fully saturated rings. The van der Waals surface area contributed by atoms with Crippen LogP contribution in [0, 0.1) is 5.92 Å². The van der Waals surface area contributed by atoms with E-state index >= 15 is 0 Å². The molecule has 2 aliphatic rings. The molecule has 168 valence electrons. The molecule has 0 aliphatic carbocycles. The van der Waals surface area contributed by atoms with Crippen molar-refractivity contribution < 1.29 is 26.7 Å². The number of alkyl halides is 2. The maximum Gasteiger partial charge on any atom is 0.410 e. The second-order valence-electron chi connectivity index (χ2n) is 9.00. The van der Waals surface area contributed by atoms with Crippen LogP contribution in [0.1, 0.15) is 39.2 Å². The number of carbonyl (C=O) groups excluding carboxylic acids is 1. The number of rotatable bonds is 3. The Morgan fingerprint density at radius 1 is 1.23 bits per heavy atom. The minimum Gasteiger partial charge on any atom is -0.444 e. The topological polar surface area (TPSA) is 79.8 Å². The molecule has 0 spiro atoms. The van der Waals surface area contributed by atoms with Gasteiger partial charge < -0.3 is 9.64 Å². The Labute approximate surface area is 180 Å². The van der Waals surface area contributed by atoms with Gasteiger partial charge in [0.25, 0.3) is 6.43 Å². The zero-order valence-electron chi connectivity index (χ0n) is 17.6. The number of likely N-dealkylation sites (tertiary alicyclic amines) is 1. The number of hydrogen-bond acceptors (Lipinski definition) is 5. The molecule has 2 aliphatic heterocycles. The lowest BCUT2D eigenvalue weighted by Crippen LogP contribution is -2.43. The van der Waals surface area contributed by atoms with Crippen molar-refractivity contribution in [3.8, 4) is 0 Å². The van der Waals surface area contributed by atoms with Gasteiger partial charge in [0.05, 0.1) is 10.9 Å². The molecule has 2 atom stereocenters. The highest BCUT2D eigenvalue weighted by molar-refractivity contribution is 7.89. The lowest BCUT2D eigenvalue weighted by molar-refractivity contribution is 0.0223. The maximum atomic E-state index is 13.6. The fourth-order valence-corrected chi connectivity index (χ4v) is 6.17. The summed E-state index contributed by atoms with van der Waals surface area (Å²) in [7, 11) is -4.05. The van der Waals surface area contributed by atoms with Crippen molar-refractivity contribution in [1.82, 2.24) is 14.2 Å². The molecule has 4 rings (SSSR count). The average molecular weight is 454 g/mol. The summed E-state index contributed by atoms with van der Waals surface area (Å²) in [6.45, 7) is 6.18. The highest BCUT2D eigenvalue weighted by Crippen LogP contribution is 2.38. The van der Waals surface area contributed by atoms with Gasteiger partial charge in [-0.05, 0) is 39.2 Å². The third-order valence-corrected chi connectivity index (χ3v) is 7.64. The molecule has 1 amide bonds. The summed E-state index contributed by atoms with van der Waals surface area (Å²) in [5, 5.41) is 0.335. The number of halogens is 2. The van der Waals surface area contributed by atoms with E-state index in [0.29, 0.717) is 18.4 Å². The lowest BCUT2D eigenvalue weighted by Gasteiger charge is -2.28. The number of benzene rings is 1. The van der Waals surface area contributed by atoms with E-state index in [0.717, 1.165) is 6.20 Å². The first-order valence-corrected chi connectivity index (χ1v) is 11.6. The molecule has 2 aromatic rings. The van der Waals surface area contributed by atoms with Crippen LogP contribution in [0.4, 0.5) is 13.6 Å². The third-order valence-electron chi connectivity index (χ3n) is 5.77. The molecule has 0 saturated carbocycles. The fourth-order valence-electron chi connectivity index (χ4n) is 4.41. The molecule has 7 nitrogen and oxygen atoms in total. The van der Waals surface area contributed by atoms with Crippen LogP contribution in [0.2, 0.25) is 0 Å². The first-order valence-electron chi connectivity index (χ1n) is 10.1. The van der Waals surface area contributed by atoms with Crippen LogP contribution < -0.4 is 0 Å². The first-order chi connectivity index (χ1) is 14.5. The number of sulfonamides is 1. The summed E-state index contributed by atoms with van der Waals surface area (Å²) in [4.78, 5) is 17.8. The van der Waals surface area contributed by atoms with Crippen molar-refractivity contribution in [2.24, 2.45) is 5.92 Å². The molecular formula is C21H25F2N3O4S. The quantitative estimate of drug-likeness (QED) is 0.706. The Bertz CT molecular complexity index is 1110. The number of ether oxygens (including phenoxy) is 1. The van der Waals surface area contributed by atoms with Gasteiger partial charge in [0.2, 0.25) is 10.0 Å². The van der Waals surface area contributed by atoms with E-state index < -0.39 is 33.7 Å². The SMILES string of the molecule is CC(C)(C)OC(=O)N1CC[C@H]2CN(S(=O)(=O)c3cccc4cncc(C(F)F)c34)C[C@H]21. The van der Waals surface area contributed by atoms with E-state index in [9.17, 15) is 22.0 Å². The van der Waals surface area contributed by atoms with Gasteiger partial charge in [-0.2, -0.15) is 4.31 Å². The molecule has 1 aromatic heterocycles. The first kappa shape index (κ1) is 21.9. The highest BCUT2D eigenvalue weighted by Gasteiger charge is 2.48. The summed E-state index contributed by atoms with van der Waals surface area (Å²) in [6.07, 6.45) is -0.265. The monoisotopic (exact) mass is 453 g/mol. The Hall–Kier alpha value is -2.33. The smallest absolute Gasteiger partial charge is 0.410 e. The van der Waals surface area contributed by atoms with Crippen LogP contribution >= 0.6 is 0 Å². The molecule has 1 aromatic carbocycles. The van der Waals surface area contributed by atoms with E-state index in [1.807, 2.05) is 0 Å². The van der Waals surface area contributed by atoms with Crippen LogP contribution in [0.25, 0.3) is 10.8 Å². The molecule has 3 heterocycles. The number of fused-ring (bicyclic) bond motifs is 2. The van der Waals surface area contributed by atoms with Gasteiger partial charge in [-0.1, -0.05) is 12.1 Å². The molecular weight excluding hydrogens is 428 g/mol. The van der Waals surface area contributed by atoms with Gasteiger partial charge in [-0.3, -0.25) is 4.98 Å². The minimum absolute atomic E-state index is 0.00596. The number of aromatic nitrogens is 1. The highest BCUT2D eigenvalue weighted by atomic mass is 32.2. The Morgan fingerprint density at radius 2 is 1.97 bits per heavy atom. The number of carbonyl (C=O) groups is 1. The van der Waals surface area contributed by atoms with Crippen molar-refractivity contribution in [2.45, 2.75) is 50.2 Å². The summed E-state index contributed by atoms with van der Waals surface area (Å²) >= 11 is 0. The van der Waals surface area contributed by atoms with Crippen LogP contribution in [0.5, 0.6) is 0 Å². The molecule has 10 heteroatoms. The molecule has 2 saturated heterocycles. The Morgan fingerprint density at radius 3 is 2.65 bits per heavy atom. The molecule has 0 radical (unpaired) electrons. The Balaban J connectivity index is 1.66. The summed E-state index contributed by atoms with van der Waals surface area (Å²) in [5.74, 6) is -0.0199. The predicted molar refractivity (Wildman–Crippen MR) is 110 cm³/mol. The van der Waals surface area contributed by atoms with Crippen LogP contribution in [-0.4, -0.2) is 60.0 Å². The van der Waals surface area contributed by atoms with Crippen LogP contribution in [0.3, 0.4) is 0 Å². The van der Waals surface area contributed by atoms with Gasteiger partial charge >= 0.3 is 6.09 Å². The zero-order valence-corrected chi connectivity index (χ0v) is 18.4. The van der Waals surface area contributed by atoms with E-state index in [1.54, 1.807) is 31.7 Å². The average Bonchev–Trinajstić information content (AvgIpc) is 3.26. The summed E-state index contributed by atoms with van der Waals surface area (Å²) in [5.41, 5.74) is -1.06. The van der Waals surface area contributed by atoms with Gasteiger partial charge in [-0.15, -0.1) is 0 Å². The van der Waals surface area contributed by atoms with Crippen molar-refractivity contribution in [2.75, 3.05) is 19.6 Å². The predicted octanol–water partition coefficient (Wildman–Crippen LogP) is 3.80. The molecule has 0 N–H and O–H groups in total. The van der Waals surface area contributed by atoms with Crippen LogP contribution in [-0.2, 0) is 14.8 Å². The van der Waals surface area contributed by atoms with E-state index in [4.69, 9.17) is 4.74 Å². The number of hydrogen-bond donors (Lipinski definition) is 0.